The molecule has 0 aliphatic rings. The van der Waals surface area contributed by atoms with E-state index in [0.717, 1.165) is 5.56 Å². The molecule has 0 spiro atoms. The van der Waals surface area contributed by atoms with Gasteiger partial charge in [0.15, 0.2) is 0 Å². The summed E-state index contributed by atoms with van der Waals surface area (Å²) >= 11 is 0. The van der Waals surface area contributed by atoms with Crippen molar-refractivity contribution >= 4 is 6.09 Å². The Kier molecular flexibility index (Phi) is 3.50. The quantitative estimate of drug-likeness (QED) is 0.720. The van der Waals surface area contributed by atoms with Gasteiger partial charge in [0.05, 0.1) is 6.07 Å². The third-order valence-corrected chi connectivity index (χ3v) is 1.54. The highest BCUT2D eigenvalue weighted by molar-refractivity contribution is 5.70. The van der Waals surface area contributed by atoms with E-state index in [4.69, 9.17) is 10.00 Å². The van der Waals surface area contributed by atoms with Crippen LogP contribution in [0.4, 0.5) is 4.79 Å². The van der Waals surface area contributed by atoms with E-state index in [2.05, 4.69) is 5.32 Å². The fourth-order valence-electron chi connectivity index (χ4n) is 0.861. The van der Waals surface area contributed by atoms with Crippen LogP contribution in [0.25, 0.3) is 0 Å². The van der Waals surface area contributed by atoms with E-state index in [0.29, 0.717) is 5.75 Å². The first-order chi connectivity index (χ1) is 6.72. The second-order valence-electron chi connectivity index (χ2n) is 2.71. The Hall–Kier alpha value is -2.02. The second kappa shape index (κ2) is 4.87. The molecule has 0 unspecified atom stereocenters. The molecule has 0 aromatic heterocycles. The van der Waals surface area contributed by atoms with Gasteiger partial charge in [-0.25, -0.2) is 4.79 Å². The lowest BCUT2D eigenvalue weighted by Gasteiger charge is -2.03. The van der Waals surface area contributed by atoms with Gasteiger partial charge in [0.1, 0.15) is 12.3 Å². The average molecular weight is 190 g/mol. The van der Waals surface area contributed by atoms with Crippen molar-refractivity contribution in [3.8, 4) is 11.8 Å². The minimum absolute atomic E-state index is 0.0509. The summed E-state index contributed by atoms with van der Waals surface area (Å²) in [7, 11) is 0. The van der Waals surface area contributed by atoms with E-state index in [1.165, 1.54) is 0 Å². The highest BCUT2D eigenvalue weighted by atomic mass is 16.5. The molecule has 0 radical (unpaired) electrons. The minimum Gasteiger partial charge on any atom is -0.410 e. The molecule has 4 nitrogen and oxygen atoms in total. The Bertz CT molecular complexity index is 351. The average Bonchev–Trinajstić information content (AvgIpc) is 2.18. The van der Waals surface area contributed by atoms with E-state index in [9.17, 15) is 4.79 Å². The summed E-state index contributed by atoms with van der Waals surface area (Å²) in [5.41, 5.74) is 1.09. The van der Waals surface area contributed by atoms with Gasteiger partial charge in [0.25, 0.3) is 0 Å². The summed E-state index contributed by atoms with van der Waals surface area (Å²) in [5.74, 6) is 0.464. The zero-order chi connectivity index (χ0) is 10.4. The maximum atomic E-state index is 11.0. The van der Waals surface area contributed by atoms with Gasteiger partial charge in [-0.1, -0.05) is 17.7 Å². The van der Waals surface area contributed by atoms with Gasteiger partial charge in [-0.3, -0.25) is 0 Å². The maximum Gasteiger partial charge on any atom is 0.413 e. The number of hydrogen-bond donors (Lipinski definition) is 1. The molecule has 0 fully saturated rings. The molecule has 0 bridgehead atoms. The number of carbonyl (C=O) groups is 1. The Balaban J connectivity index is 2.49. The van der Waals surface area contributed by atoms with Gasteiger partial charge in [-0.15, -0.1) is 0 Å². The summed E-state index contributed by atoms with van der Waals surface area (Å²) < 4.78 is 4.87. The third kappa shape index (κ3) is 3.15. The van der Waals surface area contributed by atoms with Crippen molar-refractivity contribution in [1.82, 2.24) is 5.32 Å². The topological polar surface area (TPSA) is 62.1 Å². The molecular formula is C10H10N2O2. The Morgan fingerprint density at radius 2 is 2.14 bits per heavy atom. The van der Waals surface area contributed by atoms with Gasteiger partial charge in [0.2, 0.25) is 0 Å². The van der Waals surface area contributed by atoms with Crippen LogP contribution in [0.2, 0.25) is 0 Å². The number of nitrogens with zero attached hydrogens (tertiary/aromatic N) is 1. The van der Waals surface area contributed by atoms with Crippen LogP contribution >= 0.6 is 0 Å². The molecule has 0 saturated heterocycles. The van der Waals surface area contributed by atoms with Crippen molar-refractivity contribution in [2.24, 2.45) is 0 Å². The summed E-state index contributed by atoms with van der Waals surface area (Å²) in [6.45, 7) is 1.89. The number of aryl methyl sites for hydroxylation is 1. The Morgan fingerprint density at radius 1 is 1.50 bits per heavy atom. The molecule has 1 aromatic carbocycles. The number of hydrogen-bond acceptors (Lipinski definition) is 3. The van der Waals surface area contributed by atoms with Crippen molar-refractivity contribution in [3.05, 3.63) is 29.8 Å². The third-order valence-electron chi connectivity index (χ3n) is 1.54. The SMILES string of the molecule is Cc1ccc(OC(=O)NCC#N)cc1. The zero-order valence-corrected chi connectivity index (χ0v) is 7.78. The highest BCUT2D eigenvalue weighted by Crippen LogP contribution is 2.11. The van der Waals surface area contributed by atoms with Crippen LogP contribution in [0.3, 0.4) is 0 Å². The van der Waals surface area contributed by atoms with Crippen molar-refractivity contribution in [2.45, 2.75) is 6.92 Å². The number of rotatable bonds is 2. The highest BCUT2D eigenvalue weighted by Gasteiger charge is 2.01. The molecule has 4 heteroatoms. The van der Waals surface area contributed by atoms with E-state index >= 15 is 0 Å². The normalized spacial score (nSPS) is 8.86. The molecule has 0 saturated carbocycles. The first-order valence-electron chi connectivity index (χ1n) is 4.11. The molecule has 72 valence electrons. The summed E-state index contributed by atoms with van der Waals surface area (Å²) in [6, 6.07) is 8.85. The first-order valence-corrected chi connectivity index (χ1v) is 4.11. The van der Waals surface area contributed by atoms with Crippen LogP contribution < -0.4 is 10.1 Å². The van der Waals surface area contributed by atoms with Crippen LogP contribution in [-0.4, -0.2) is 12.6 Å². The number of nitriles is 1. The number of ether oxygens (including phenoxy) is 1. The summed E-state index contributed by atoms with van der Waals surface area (Å²) in [6.07, 6.45) is -0.615. The zero-order valence-electron chi connectivity index (χ0n) is 7.78. The first kappa shape index (κ1) is 10.1. The van der Waals surface area contributed by atoms with Gasteiger partial charge < -0.3 is 10.1 Å². The lowest BCUT2D eigenvalue weighted by atomic mass is 10.2. The Morgan fingerprint density at radius 3 is 2.71 bits per heavy atom. The maximum absolute atomic E-state index is 11.0. The fraction of sp³-hybridized carbons (Fsp3) is 0.200. The molecule has 0 heterocycles. The molecule has 14 heavy (non-hydrogen) atoms. The van der Waals surface area contributed by atoms with Crippen molar-refractivity contribution in [2.75, 3.05) is 6.54 Å². The molecule has 0 atom stereocenters. The van der Waals surface area contributed by atoms with Crippen LogP contribution in [0.5, 0.6) is 5.75 Å². The molecule has 0 aliphatic carbocycles. The number of nitrogens with one attached hydrogen (secondary N) is 1. The number of carbonyl (C=O) groups excluding carboxylic acids is 1. The van der Waals surface area contributed by atoms with Gasteiger partial charge in [0, 0.05) is 0 Å². The van der Waals surface area contributed by atoms with Gasteiger partial charge >= 0.3 is 6.09 Å². The molecular weight excluding hydrogens is 180 g/mol. The summed E-state index contributed by atoms with van der Waals surface area (Å²) in [4.78, 5) is 11.0. The van der Waals surface area contributed by atoms with E-state index in [-0.39, 0.29) is 6.54 Å². The monoisotopic (exact) mass is 190 g/mol. The molecule has 1 aromatic rings. The molecule has 1 rings (SSSR count). The Labute approximate surface area is 82.1 Å². The number of benzene rings is 1. The predicted octanol–water partition coefficient (Wildman–Crippen LogP) is 1.61. The number of amides is 1. The van der Waals surface area contributed by atoms with Gasteiger partial charge in [-0.05, 0) is 19.1 Å². The summed E-state index contributed by atoms with van der Waals surface area (Å²) in [5, 5.41) is 10.5. The molecule has 1 amide bonds. The molecule has 1 N–H and O–H groups in total. The predicted molar refractivity (Wildman–Crippen MR) is 50.8 cm³/mol. The fourth-order valence-corrected chi connectivity index (χ4v) is 0.861. The standard InChI is InChI=1S/C10H10N2O2/c1-8-2-4-9(5-3-8)14-10(13)12-7-6-11/h2-5H,7H2,1H3,(H,12,13). The van der Waals surface area contributed by atoms with Crippen molar-refractivity contribution in [1.29, 1.82) is 5.26 Å². The largest absolute Gasteiger partial charge is 0.413 e. The second-order valence-corrected chi connectivity index (χ2v) is 2.71. The van der Waals surface area contributed by atoms with E-state index < -0.39 is 6.09 Å². The van der Waals surface area contributed by atoms with Crippen LogP contribution in [-0.2, 0) is 0 Å². The van der Waals surface area contributed by atoms with Crippen molar-refractivity contribution < 1.29 is 9.53 Å². The smallest absolute Gasteiger partial charge is 0.410 e. The minimum atomic E-state index is -0.615. The van der Waals surface area contributed by atoms with Crippen LogP contribution in [0, 0.1) is 18.3 Å². The van der Waals surface area contributed by atoms with E-state index in [1.54, 1.807) is 18.2 Å². The van der Waals surface area contributed by atoms with Crippen LogP contribution in [0.15, 0.2) is 24.3 Å². The molecule has 0 aliphatic heterocycles. The lowest BCUT2D eigenvalue weighted by molar-refractivity contribution is 0.202. The van der Waals surface area contributed by atoms with Crippen molar-refractivity contribution in [3.63, 3.8) is 0 Å². The van der Waals surface area contributed by atoms with E-state index in [1.807, 2.05) is 19.1 Å². The van der Waals surface area contributed by atoms with Gasteiger partial charge in [-0.2, -0.15) is 5.26 Å². The van der Waals surface area contributed by atoms with Crippen LogP contribution in [0.1, 0.15) is 5.56 Å². The lowest BCUT2D eigenvalue weighted by Crippen LogP contribution is -2.26.